The normalized spacial score (nSPS) is 19.2. The summed E-state index contributed by atoms with van der Waals surface area (Å²) in [6, 6.07) is 0.838. The first-order valence-corrected chi connectivity index (χ1v) is 5.54. The minimum atomic E-state index is 0.449. The molecule has 1 aliphatic rings. The maximum absolute atomic E-state index is 3.82. The fourth-order valence-corrected chi connectivity index (χ4v) is 2.04. The van der Waals surface area contributed by atoms with Gasteiger partial charge in [-0.2, -0.15) is 0 Å². The van der Waals surface area contributed by atoms with Crippen molar-refractivity contribution in [3.05, 3.63) is 0 Å². The maximum atomic E-state index is 3.82. The Hall–Kier alpha value is -0.0400. The second-order valence-electron chi connectivity index (χ2n) is 4.11. The Bertz CT molecular complexity index is 115. The lowest BCUT2D eigenvalue weighted by atomic mass is 9.84. The van der Waals surface area contributed by atoms with Crippen LogP contribution in [0.5, 0.6) is 0 Å². The van der Waals surface area contributed by atoms with E-state index in [4.69, 9.17) is 0 Å². The molecule has 0 radical (unpaired) electrons. The molecule has 0 aromatic rings. The second-order valence-corrected chi connectivity index (χ2v) is 4.11. The molecule has 12 heavy (non-hydrogen) atoms. The van der Waals surface area contributed by atoms with Crippen molar-refractivity contribution in [2.24, 2.45) is 0 Å². The van der Waals surface area contributed by atoms with E-state index in [2.05, 4.69) is 26.1 Å². The summed E-state index contributed by atoms with van der Waals surface area (Å²) in [6.45, 7) is 6.91. The molecule has 0 aromatic heterocycles. The summed E-state index contributed by atoms with van der Waals surface area (Å²) in [5, 5.41) is 3.82. The van der Waals surface area contributed by atoms with E-state index in [-0.39, 0.29) is 0 Å². The van der Waals surface area contributed by atoms with Crippen LogP contribution in [0.4, 0.5) is 0 Å². The third kappa shape index (κ3) is 2.01. The van der Waals surface area contributed by atoms with Crippen LogP contribution in [0.1, 0.15) is 59.3 Å². The Balaban J connectivity index is 2.39. The molecule has 1 rings (SSSR count). The van der Waals surface area contributed by atoms with Crippen molar-refractivity contribution in [2.45, 2.75) is 70.9 Å². The summed E-state index contributed by atoms with van der Waals surface area (Å²) in [7, 11) is 0. The first-order chi connectivity index (χ1) is 5.76. The summed E-state index contributed by atoms with van der Waals surface area (Å²) < 4.78 is 0. The van der Waals surface area contributed by atoms with Crippen molar-refractivity contribution in [1.82, 2.24) is 5.32 Å². The third-order valence-corrected chi connectivity index (χ3v) is 3.65. The van der Waals surface area contributed by atoms with E-state index in [0.717, 1.165) is 6.04 Å². The van der Waals surface area contributed by atoms with Crippen LogP contribution < -0.4 is 5.32 Å². The van der Waals surface area contributed by atoms with E-state index in [1.807, 2.05) is 0 Å². The molecule has 1 aliphatic carbocycles. The van der Waals surface area contributed by atoms with Crippen molar-refractivity contribution in [3.63, 3.8) is 0 Å². The predicted molar refractivity (Wildman–Crippen MR) is 54.4 cm³/mol. The van der Waals surface area contributed by atoms with Gasteiger partial charge in [-0.3, -0.25) is 0 Å². The van der Waals surface area contributed by atoms with E-state index in [9.17, 15) is 0 Å². The lowest BCUT2D eigenvalue weighted by Gasteiger charge is -2.40. The van der Waals surface area contributed by atoms with Crippen molar-refractivity contribution >= 4 is 0 Å². The van der Waals surface area contributed by atoms with Crippen molar-refractivity contribution < 1.29 is 0 Å². The number of rotatable bonds is 5. The Morgan fingerprint density at radius 2 is 1.58 bits per heavy atom. The molecule has 1 fully saturated rings. The molecule has 0 aliphatic heterocycles. The standard InChI is InChI=1S/C11H23N/c1-4-11(5-2,6-3)12-10-8-7-9-10/h10,12H,4-9H2,1-3H3. The molecule has 1 heteroatoms. The zero-order valence-electron chi connectivity index (χ0n) is 8.82. The molecular weight excluding hydrogens is 146 g/mol. The predicted octanol–water partition coefficient (Wildman–Crippen LogP) is 3.10. The molecule has 0 unspecified atom stereocenters. The van der Waals surface area contributed by atoms with Gasteiger partial charge in [-0.15, -0.1) is 0 Å². The maximum Gasteiger partial charge on any atom is 0.0176 e. The van der Waals surface area contributed by atoms with E-state index < -0.39 is 0 Å². The highest BCUT2D eigenvalue weighted by Crippen LogP contribution is 2.26. The summed E-state index contributed by atoms with van der Waals surface area (Å²) in [5.74, 6) is 0. The van der Waals surface area contributed by atoms with Crippen LogP contribution >= 0.6 is 0 Å². The molecule has 1 saturated carbocycles. The fourth-order valence-electron chi connectivity index (χ4n) is 2.04. The topological polar surface area (TPSA) is 12.0 Å². The summed E-state index contributed by atoms with van der Waals surface area (Å²) in [4.78, 5) is 0. The molecule has 0 saturated heterocycles. The van der Waals surface area contributed by atoms with Gasteiger partial charge in [0.05, 0.1) is 0 Å². The van der Waals surface area contributed by atoms with Crippen molar-refractivity contribution in [3.8, 4) is 0 Å². The highest BCUT2D eigenvalue weighted by molar-refractivity contribution is 4.90. The zero-order chi connectivity index (χ0) is 9.03. The van der Waals surface area contributed by atoms with Gasteiger partial charge in [0.25, 0.3) is 0 Å². The number of nitrogens with one attached hydrogen (secondary N) is 1. The van der Waals surface area contributed by atoms with Gasteiger partial charge >= 0.3 is 0 Å². The molecule has 1 nitrogen and oxygen atoms in total. The van der Waals surface area contributed by atoms with E-state index >= 15 is 0 Å². The van der Waals surface area contributed by atoms with Gasteiger partial charge in [0.15, 0.2) is 0 Å². The summed E-state index contributed by atoms with van der Waals surface area (Å²) >= 11 is 0. The van der Waals surface area contributed by atoms with Crippen LogP contribution in [-0.2, 0) is 0 Å². The Morgan fingerprint density at radius 1 is 1.08 bits per heavy atom. The largest absolute Gasteiger partial charge is 0.309 e. The lowest BCUT2D eigenvalue weighted by Crippen LogP contribution is -2.51. The molecule has 0 bridgehead atoms. The van der Waals surface area contributed by atoms with Crippen LogP contribution in [0.3, 0.4) is 0 Å². The SMILES string of the molecule is CCC(CC)(CC)NC1CCC1. The van der Waals surface area contributed by atoms with Crippen LogP contribution in [0, 0.1) is 0 Å². The van der Waals surface area contributed by atoms with E-state index in [0.29, 0.717) is 5.54 Å². The minimum Gasteiger partial charge on any atom is -0.309 e. The number of hydrogen-bond donors (Lipinski definition) is 1. The average Bonchev–Trinajstić information content (AvgIpc) is 2.05. The first kappa shape index (κ1) is 10.0. The molecule has 0 amide bonds. The highest BCUT2D eigenvalue weighted by atomic mass is 15.0. The van der Waals surface area contributed by atoms with Crippen molar-refractivity contribution in [1.29, 1.82) is 0 Å². The third-order valence-electron chi connectivity index (χ3n) is 3.65. The lowest BCUT2D eigenvalue weighted by molar-refractivity contribution is 0.204. The monoisotopic (exact) mass is 169 g/mol. The fraction of sp³-hybridized carbons (Fsp3) is 1.00. The molecule has 0 atom stereocenters. The molecular formula is C11H23N. The van der Waals surface area contributed by atoms with Gasteiger partial charge in [-0.1, -0.05) is 27.2 Å². The van der Waals surface area contributed by atoms with Crippen LogP contribution in [0.25, 0.3) is 0 Å². The Kier molecular flexibility index (Phi) is 3.57. The van der Waals surface area contributed by atoms with E-state index in [1.165, 1.54) is 38.5 Å². The quantitative estimate of drug-likeness (QED) is 0.667. The van der Waals surface area contributed by atoms with Gasteiger partial charge in [-0.25, -0.2) is 0 Å². The smallest absolute Gasteiger partial charge is 0.0176 e. The molecule has 0 heterocycles. The van der Waals surface area contributed by atoms with Crippen LogP contribution in [0.2, 0.25) is 0 Å². The average molecular weight is 169 g/mol. The Labute approximate surface area is 76.9 Å². The van der Waals surface area contributed by atoms with Crippen molar-refractivity contribution in [2.75, 3.05) is 0 Å². The van der Waals surface area contributed by atoms with Gasteiger partial charge in [0, 0.05) is 11.6 Å². The van der Waals surface area contributed by atoms with Crippen LogP contribution in [-0.4, -0.2) is 11.6 Å². The van der Waals surface area contributed by atoms with Gasteiger partial charge in [0.1, 0.15) is 0 Å². The molecule has 1 N–H and O–H groups in total. The van der Waals surface area contributed by atoms with Gasteiger partial charge < -0.3 is 5.32 Å². The highest BCUT2D eigenvalue weighted by Gasteiger charge is 2.29. The van der Waals surface area contributed by atoms with E-state index in [1.54, 1.807) is 0 Å². The van der Waals surface area contributed by atoms with Gasteiger partial charge in [-0.05, 0) is 32.1 Å². The second kappa shape index (κ2) is 4.27. The van der Waals surface area contributed by atoms with Gasteiger partial charge in [0.2, 0.25) is 0 Å². The molecule has 0 aromatic carbocycles. The molecule has 72 valence electrons. The minimum absolute atomic E-state index is 0.449. The Morgan fingerprint density at radius 3 is 1.83 bits per heavy atom. The summed E-state index contributed by atoms with van der Waals surface area (Å²) in [6.07, 6.45) is 8.07. The number of hydrogen-bond acceptors (Lipinski definition) is 1. The summed E-state index contributed by atoms with van der Waals surface area (Å²) in [5.41, 5.74) is 0.449. The first-order valence-electron chi connectivity index (χ1n) is 5.54. The van der Waals surface area contributed by atoms with Crippen LogP contribution in [0.15, 0.2) is 0 Å². The zero-order valence-corrected chi connectivity index (χ0v) is 8.82. The molecule has 0 spiro atoms.